The minimum atomic E-state index is -4.19. The fraction of sp³-hybridized carbons (Fsp3) is 0.417. The summed E-state index contributed by atoms with van der Waals surface area (Å²) in [6.45, 7) is 6.70. The zero-order valence-corrected chi connectivity index (χ0v) is 20.4. The molecule has 184 valence electrons. The SMILES string of the molecule is CC(C)(C)c1ccc(C(=O)N2CCCN(S(=O)(=O)c3ccc(F)cc3)C2C(=O)NCCN)cc1. The Bertz CT molecular complexity index is 1130. The number of benzene rings is 2. The predicted octanol–water partition coefficient (Wildman–Crippen LogP) is 2.06. The van der Waals surface area contributed by atoms with Crippen molar-refractivity contribution in [2.24, 2.45) is 5.73 Å². The maximum Gasteiger partial charge on any atom is 0.259 e. The number of carbonyl (C=O) groups excluding carboxylic acids is 2. The maximum atomic E-state index is 13.5. The van der Waals surface area contributed by atoms with Crippen LogP contribution >= 0.6 is 0 Å². The quantitative estimate of drug-likeness (QED) is 0.644. The van der Waals surface area contributed by atoms with Crippen molar-refractivity contribution >= 4 is 21.8 Å². The molecule has 10 heteroatoms. The highest BCUT2D eigenvalue weighted by molar-refractivity contribution is 7.89. The molecule has 0 saturated carbocycles. The molecule has 1 unspecified atom stereocenters. The van der Waals surface area contributed by atoms with Gasteiger partial charge < -0.3 is 16.0 Å². The van der Waals surface area contributed by atoms with E-state index in [1.54, 1.807) is 12.1 Å². The van der Waals surface area contributed by atoms with Crippen LogP contribution in [0.4, 0.5) is 4.39 Å². The van der Waals surface area contributed by atoms with Crippen LogP contribution in [0.15, 0.2) is 53.4 Å². The first kappa shape index (κ1) is 25.8. The van der Waals surface area contributed by atoms with Gasteiger partial charge in [0.2, 0.25) is 10.0 Å². The molecule has 0 bridgehead atoms. The van der Waals surface area contributed by atoms with E-state index in [0.29, 0.717) is 12.0 Å². The number of hydrogen-bond acceptors (Lipinski definition) is 5. The van der Waals surface area contributed by atoms with Crippen LogP contribution in [0.1, 0.15) is 43.1 Å². The van der Waals surface area contributed by atoms with Crippen LogP contribution in [0.2, 0.25) is 0 Å². The van der Waals surface area contributed by atoms with Crippen LogP contribution in [0, 0.1) is 5.82 Å². The van der Waals surface area contributed by atoms with Crippen LogP contribution in [0.3, 0.4) is 0 Å². The lowest BCUT2D eigenvalue weighted by Crippen LogP contribution is -2.63. The summed E-state index contributed by atoms with van der Waals surface area (Å²) in [5.41, 5.74) is 6.80. The summed E-state index contributed by atoms with van der Waals surface area (Å²) in [5, 5.41) is 2.61. The second-order valence-corrected chi connectivity index (χ2v) is 11.1. The molecular weight excluding hydrogens is 459 g/mol. The van der Waals surface area contributed by atoms with Gasteiger partial charge in [0.05, 0.1) is 4.90 Å². The molecule has 1 aliphatic rings. The molecule has 0 aliphatic carbocycles. The molecule has 1 aliphatic heterocycles. The highest BCUT2D eigenvalue weighted by Gasteiger charge is 2.44. The zero-order chi connectivity index (χ0) is 25.1. The molecule has 3 N–H and O–H groups in total. The van der Waals surface area contributed by atoms with E-state index in [2.05, 4.69) is 26.1 Å². The molecule has 8 nitrogen and oxygen atoms in total. The third kappa shape index (κ3) is 5.45. The van der Waals surface area contributed by atoms with Gasteiger partial charge in [-0.15, -0.1) is 0 Å². The van der Waals surface area contributed by atoms with Gasteiger partial charge in [-0.3, -0.25) is 9.59 Å². The van der Waals surface area contributed by atoms with E-state index >= 15 is 0 Å². The Kier molecular flexibility index (Phi) is 7.74. The average Bonchev–Trinajstić information content (AvgIpc) is 2.81. The summed E-state index contributed by atoms with van der Waals surface area (Å²) in [7, 11) is -4.19. The molecule has 1 saturated heterocycles. The highest BCUT2D eigenvalue weighted by atomic mass is 32.2. The topological polar surface area (TPSA) is 113 Å². The molecular formula is C24H31FN4O4S. The summed E-state index contributed by atoms with van der Waals surface area (Å²) in [4.78, 5) is 27.7. The molecule has 3 rings (SSSR count). The normalized spacial score (nSPS) is 17.4. The first-order valence-electron chi connectivity index (χ1n) is 11.1. The summed E-state index contributed by atoms with van der Waals surface area (Å²) < 4.78 is 41.2. The zero-order valence-electron chi connectivity index (χ0n) is 19.6. The summed E-state index contributed by atoms with van der Waals surface area (Å²) in [5.74, 6) is -1.67. The van der Waals surface area contributed by atoms with E-state index in [-0.39, 0.29) is 36.5 Å². The van der Waals surface area contributed by atoms with Crippen LogP contribution < -0.4 is 11.1 Å². The maximum absolute atomic E-state index is 13.5. The number of nitrogens with two attached hydrogens (primary N) is 1. The Hall–Kier alpha value is -2.82. The van der Waals surface area contributed by atoms with Gasteiger partial charge in [0, 0.05) is 31.7 Å². The van der Waals surface area contributed by atoms with Gasteiger partial charge in [0.25, 0.3) is 11.8 Å². The first-order valence-corrected chi connectivity index (χ1v) is 12.6. The molecule has 0 spiro atoms. The number of halogens is 1. The van der Waals surface area contributed by atoms with E-state index in [9.17, 15) is 22.4 Å². The third-order valence-electron chi connectivity index (χ3n) is 5.70. The van der Waals surface area contributed by atoms with Gasteiger partial charge in [0.1, 0.15) is 5.82 Å². The van der Waals surface area contributed by atoms with E-state index in [1.807, 2.05) is 12.1 Å². The van der Waals surface area contributed by atoms with Crippen molar-refractivity contribution in [3.8, 4) is 0 Å². The van der Waals surface area contributed by atoms with Crippen molar-refractivity contribution in [1.29, 1.82) is 0 Å². The Balaban J connectivity index is 1.99. The third-order valence-corrected chi connectivity index (χ3v) is 7.57. The summed E-state index contributed by atoms with van der Waals surface area (Å²) in [6.07, 6.45) is -1.06. The van der Waals surface area contributed by atoms with Crippen molar-refractivity contribution < 1.29 is 22.4 Å². The molecule has 1 atom stereocenters. The summed E-state index contributed by atoms with van der Waals surface area (Å²) >= 11 is 0. The average molecular weight is 491 g/mol. The van der Waals surface area contributed by atoms with Gasteiger partial charge in [-0.05, 0) is 53.8 Å². The highest BCUT2D eigenvalue weighted by Crippen LogP contribution is 2.27. The minimum absolute atomic E-state index is 0.0349. The second-order valence-electron chi connectivity index (χ2n) is 9.20. The van der Waals surface area contributed by atoms with Gasteiger partial charge in [0.15, 0.2) is 6.17 Å². The molecule has 1 heterocycles. The molecule has 2 aromatic rings. The lowest BCUT2D eigenvalue weighted by Gasteiger charge is -2.41. The number of sulfonamides is 1. The Morgan fingerprint density at radius 3 is 2.24 bits per heavy atom. The molecule has 34 heavy (non-hydrogen) atoms. The van der Waals surface area contributed by atoms with Crippen LogP contribution in [0.25, 0.3) is 0 Å². The van der Waals surface area contributed by atoms with Crippen molar-refractivity contribution in [2.45, 2.75) is 43.7 Å². The fourth-order valence-corrected chi connectivity index (χ4v) is 5.43. The van der Waals surface area contributed by atoms with Crippen molar-refractivity contribution in [1.82, 2.24) is 14.5 Å². The number of hydrogen-bond donors (Lipinski definition) is 2. The lowest BCUT2D eigenvalue weighted by molar-refractivity contribution is -0.130. The smallest absolute Gasteiger partial charge is 0.259 e. The van der Waals surface area contributed by atoms with E-state index in [0.717, 1.165) is 34.1 Å². The Morgan fingerprint density at radius 2 is 1.68 bits per heavy atom. The second kappa shape index (κ2) is 10.2. The molecule has 0 radical (unpaired) electrons. The fourth-order valence-electron chi connectivity index (χ4n) is 3.84. The van der Waals surface area contributed by atoms with Crippen molar-refractivity contribution in [3.05, 3.63) is 65.5 Å². The van der Waals surface area contributed by atoms with E-state index in [4.69, 9.17) is 5.73 Å². The molecule has 2 aromatic carbocycles. The van der Waals surface area contributed by atoms with Crippen LogP contribution in [-0.2, 0) is 20.2 Å². The molecule has 1 fully saturated rings. The molecule has 0 aromatic heterocycles. The van der Waals surface area contributed by atoms with Crippen LogP contribution in [-0.4, -0.2) is 61.8 Å². The van der Waals surface area contributed by atoms with Gasteiger partial charge in [-0.25, -0.2) is 12.8 Å². The number of nitrogens with one attached hydrogen (secondary N) is 1. The summed E-state index contributed by atoms with van der Waals surface area (Å²) in [6, 6.07) is 11.5. The largest absolute Gasteiger partial charge is 0.352 e. The Labute approximate surface area is 200 Å². The van der Waals surface area contributed by atoms with Gasteiger partial charge in [-0.2, -0.15) is 4.31 Å². The number of carbonyl (C=O) groups is 2. The number of nitrogens with zero attached hydrogens (tertiary/aromatic N) is 2. The van der Waals surface area contributed by atoms with E-state index in [1.165, 1.54) is 4.90 Å². The van der Waals surface area contributed by atoms with Crippen molar-refractivity contribution in [2.75, 3.05) is 26.2 Å². The minimum Gasteiger partial charge on any atom is -0.352 e. The predicted molar refractivity (Wildman–Crippen MR) is 127 cm³/mol. The molecule has 2 amide bonds. The number of amides is 2. The van der Waals surface area contributed by atoms with Crippen molar-refractivity contribution in [3.63, 3.8) is 0 Å². The van der Waals surface area contributed by atoms with Gasteiger partial charge >= 0.3 is 0 Å². The van der Waals surface area contributed by atoms with E-state index < -0.39 is 33.8 Å². The number of rotatable bonds is 6. The first-order chi connectivity index (χ1) is 16.0. The monoisotopic (exact) mass is 490 g/mol. The lowest BCUT2D eigenvalue weighted by atomic mass is 9.86. The standard InChI is InChI=1S/C24H31FN4O4S/c1-24(2,3)18-7-5-17(6-8-18)23(31)28-15-4-16-29(22(28)21(30)27-14-13-26)34(32,33)20-11-9-19(25)10-12-20/h5-12,22H,4,13-16,26H2,1-3H3,(H,27,30). The Morgan fingerprint density at radius 1 is 1.06 bits per heavy atom. The van der Waals surface area contributed by atoms with Crippen LogP contribution in [0.5, 0.6) is 0 Å². The van der Waals surface area contributed by atoms with Gasteiger partial charge in [-0.1, -0.05) is 32.9 Å².